The van der Waals surface area contributed by atoms with E-state index in [-0.39, 0.29) is 6.10 Å². The lowest BCUT2D eigenvalue weighted by Gasteiger charge is -2.18. The van der Waals surface area contributed by atoms with Gasteiger partial charge in [0.1, 0.15) is 36.4 Å². The number of hydrogen-bond donors (Lipinski definition) is 0. The van der Waals surface area contributed by atoms with Crippen LogP contribution in [0.15, 0.2) is 91.5 Å². The van der Waals surface area contributed by atoms with Gasteiger partial charge in [0.2, 0.25) is 0 Å². The zero-order valence-electron chi connectivity index (χ0n) is 20.6. The monoisotopic (exact) mass is 470 g/mol. The molecule has 0 aliphatic carbocycles. The Morgan fingerprint density at radius 3 is 2.17 bits per heavy atom. The molecule has 0 radical (unpaired) electrons. The van der Waals surface area contributed by atoms with Gasteiger partial charge in [-0.1, -0.05) is 92.2 Å². The Hall–Kier alpha value is -3.79. The van der Waals surface area contributed by atoms with Crippen molar-refractivity contribution >= 4 is 12.0 Å². The van der Waals surface area contributed by atoms with Gasteiger partial charge in [-0.2, -0.15) is 0 Å². The number of carbonyl (C=O) groups is 1. The summed E-state index contributed by atoms with van der Waals surface area (Å²) in [6.45, 7) is 8.45. The van der Waals surface area contributed by atoms with E-state index in [9.17, 15) is 4.79 Å². The second-order valence-electron chi connectivity index (χ2n) is 8.37. The Bertz CT molecular complexity index is 1100. The summed E-state index contributed by atoms with van der Waals surface area (Å²) in [5, 5.41) is 0. The first-order chi connectivity index (χ1) is 17.1. The van der Waals surface area contributed by atoms with Crippen molar-refractivity contribution in [3.8, 4) is 11.5 Å². The molecule has 182 valence electrons. The van der Waals surface area contributed by atoms with Crippen LogP contribution in [-0.4, -0.2) is 12.1 Å². The van der Waals surface area contributed by atoms with Crippen LogP contribution in [0.1, 0.15) is 60.2 Å². The fraction of sp³-hybridized carbons (Fsp3) is 0.258. The van der Waals surface area contributed by atoms with Crippen molar-refractivity contribution in [1.29, 1.82) is 0 Å². The zero-order chi connectivity index (χ0) is 24.9. The molecule has 3 aromatic carbocycles. The first-order valence-electron chi connectivity index (χ1n) is 12.1. The van der Waals surface area contributed by atoms with Crippen molar-refractivity contribution in [2.75, 3.05) is 0 Å². The molecule has 0 fully saturated rings. The predicted octanol–water partition coefficient (Wildman–Crippen LogP) is 7.78. The Morgan fingerprint density at radius 2 is 1.57 bits per heavy atom. The third-order valence-corrected chi connectivity index (χ3v) is 5.36. The highest BCUT2D eigenvalue weighted by atomic mass is 16.5. The van der Waals surface area contributed by atoms with Crippen LogP contribution in [0.25, 0.3) is 6.08 Å². The van der Waals surface area contributed by atoms with Crippen molar-refractivity contribution in [1.82, 2.24) is 0 Å². The average molecular weight is 471 g/mol. The van der Waals surface area contributed by atoms with Gasteiger partial charge in [-0.25, -0.2) is 4.79 Å². The summed E-state index contributed by atoms with van der Waals surface area (Å²) in [5.74, 6) is 0.642. The van der Waals surface area contributed by atoms with E-state index >= 15 is 0 Å². The van der Waals surface area contributed by atoms with E-state index in [0.29, 0.717) is 42.3 Å². The minimum Gasteiger partial charge on any atom is -0.489 e. The lowest BCUT2D eigenvalue weighted by atomic mass is 10.0. The number of unbranched alkanes of at least 4 members (excludes halogenated alkanes) is 1. The summed E-state index contributed by atoms with van der Waals surface area (Å²) in [4.78, 5) is 13.3. The van der Waals surface area contributed by atoms with Crippen LogP contribution >= 0.6 is 0 Å². The van der Waals surface area contributed by atoms with E-state index in [1.54, 1.807) is 12.1 Å². The summed E-state index contributed by atoms with van der Waals surface area (Å²) in [6.07, 6.45) is 7.94. The third-order valence-electron chi connectivity index (χ3n) is 5.36. The van der Waals surface area contributed by atoms with Crippen LogP contribution in [0.5, 0.6) is 11.5 Å². The Morgan fingerprint density at radius 1 is 0.943 bits per heavy atom. The number of allylic oxidation sites excluding steroid dienone is 1. The van der Waals surface area contributed by atoms with Gasteiger partial charge in [0.05, 0.1) is 0 Å². The minimum atomic E-state index is -0.423. The molecule has 0 N–H and O–H groups in total. The molecule has 0 aliphatic rings. The van der Waals surface area contributed by atoms with Crippen LogP contribution in [-0.2, 0) is 18.0 Å². The van der Waals surface area contributed by atoms with Crippen molar-refractivity contribution < 1.29 is 19.0 Å². The van der Waals surface area contributed by atoms with E-state index < -0.39 is 5.97 Å². The molecule has 0 spiro atoms. The van der Waals surface area contributed by atoms with Crippen LogP contribution in [0, 0.1) is 0 Å². The molecule has 35 heavy (non-hydrogen) atoms. The second kappa shape index (κ2) is 13.8. The first-order valence-corrected chi connectivity index (χ1v) is 12.1. The lowest BCUT2D eigenvalue weighted by molar-refractivity contribution is 0.0343. The number of carbonyl (C=O) groups excluding carboxylic acids is 1. The molecule has 0 aliphatic heterocycles. The number of ether oxygens (including phenoxy) is 3. The van der Waals surface area contributed by atoms with Gasteiger partial charge in [0, 0.05) is 12.5 Å². The highest BCUT2D eigenvalue weighted by Crippen LogP contribution is 2.32. The Kier molecular flexibility index (Phi) is 10.2. The molecule has 1 atom stereocenters. The van der Waals surface area contributed by atoms with Crippen molar-refractivity contribution in [2.24, 2.45) is 0 Å². The first kappa shape index (κ1) is 25.8. The molecule has 0 saturated heterocycles. The van der Waals surface area contributed by atoms with Gasteiger partial charge in [-0.3, -0.25) is 0 Å². The lowest BCUT2D eigenvalue weighted by Crippen LogP contribution is -2.17. The summed E-state index contributed by atoms with van der Waals surface area (Å²) in [5.41, 5.74) is 3.17. The Labute approximate surface area is 208 Å². The molecular weight excluding hydrogens is 436 g/mol. The van der Waals surface area contributed by atoms with E-state index in [4.69, 9.17) is 14.2 Å². The standard InChI is InChI=1S/C31H34O4/c1-4-6-9-19-27-20-28(33-22-25-15-10-7-11-16-25)21-29(34-23-26-17-12-8-13-18-26)30(27)31(32)35-24(3)14-5-2/h5,7-13,15-21,24H,2,4,6,14,22-23H2,1,3H3. The van der Waals surface area contributed by atoms with Gasteiger partial charge in [-0.15, -0.1) is 6.58 Å². The molecule has 4 nitrogen and oxygen atoms in total. The smallest absolute Gasteiger partial charge is 0.342 e. The highest BCUT2D eigenvalue weighted by Gasteiger charge is 2.22. The summed E-state index contributed by atoms with van der Waals surface area (Å²) < 4.78 is 18.0. The highest BCUT2D eigenvalue weighted by molar-refractivity contribution is 5.97. The van der Waals surface area contributed by atoms with Crippen molar-refractivity contribution in [2.45, 2.75) is 52.4 Å². The molecule has 4 heteroatoms. The van der Waals surface area contributed by atoms with Gasteiger partial charge >= 0.3 is 5.97 Å². The molecule has 0 heterocycles. The van der Waals surface area contributed by atoms with E-state index in [2.05, 4.69) is 19.6 Å². The van der Waals surface area contributed by atoms with E-state index in [1.165, 1.54) is 0 Å². The summed E-state index contributed by atoms with van der Waals surface area (Å²) in [7, 11) is 0. The molecular formula is C31H34O4. The maximum absolute atomic E-state index is 13.3. The topological polar surface area (TPSA) is 44.8 Å². The number of esters is 1. The van der Waals surface area contributed by atoms with Crippen molar-refractivity contribution in [3.05, 3.63) is 114 Å². The SMILES string of the molecule is C=CCC(C)OC(=O)c1c(C=CCCC)cc(OCc2ccccc2)cc1OCc1ccccc1. The molecule has 3 rings (SSSR count). The van der Waals surface area contributed by atoms with Crippen LogP contribution < -0.4 is 9.47 Å². The largest absolute Gasteiger partial charge is 0.489 e. The van der Waals surface area contributed by atoms with Gasteiger partial charge in [0.15, 0.2) is 0 Å². The molecule has 0 bridgehead atoms. The van der Waals surface area contributed by atoms with Crippen molar-refractivity contribution in [3.63, 3.8) is 0 Å². The molecule has 1 unspecified atom stereocenters. The van der Waals surface area contributed by atoms with E-state index in [0.717, 1.165) is 24.0 Å². The van der Waals surface area contributed by atoms with Gasteiger partial charge in [-0.05, 0) is 36.1 Å². The quantitative estimate of drug-likeness (QED) is 0.189. The fourth-order valence-electron chi connectivity index (χ4n) is 3.54. The van der Waals surface area contributed by atoms with Crippen LogP contribution in [0.2, 0.25) is 0 Å². The molecule has 0 aromatic heterocycles. The summed E-state index contributed by atoms with van der Waals surface area (Å²) >= 11 is 0. The van der Waals surface area contributed by atoms with Crippen LogP contribution in [0.3, 0.4) is 0 Å². The minimum absolute atomic E-state index is 0.288. The van der Waals surface area contributed by atoms with Crippen LogP contribution in [0.4, 0.5) is 0 Å². The fourth-order valence-corrected chi connectivity index (χ4v) is 3.54. The second-order valence-corrected chi connectivity index (χ2v) is 8.37. The third kappa shape index (κ3) is 8.18. The number of hydrogen-bond acceptors (Lipinski definition) is 4. The zero-order valence-corrected chi connectivity index (χ0v) is 20.6. The number of rotatable bonds is 13. The maximum Gasteiger partial charge on any atom is 0.342 e. The predicted molar refractivity (Wildman–Crippen MR) is 142 cm³/mol. The van der Waals surface area contributed by atoms with E-state index in [1.807, 2.05) is 79.7 Å². The summed E-state index contributed by atoms with van der Waals surface area (Å²) in [6, 6.07) is 23.5. The molecule has 0 amide bonds. The normalized spacial score (nSPS) is 11.7. The average Bonchev–Trinajstić information content (AvgIpc) is 2.87. The molecule has 3 aromatic rings. The Balaban J connectivity index is 1.97. The van der Waals surface area contributed by atoms with Gasteiger partial charge in [0.25, 0.3) is 0 Å². The van der Waals surface area contributed by atoms with Gasteiger partial charge < -0.3 is 14.2 Å². The number of benzene rings is 3. The molecule has 0 saturated carbocycles. The maximum atomic E-state index is 13.3.